The number of aliphatic hydroxyl groups excluding tert-OH is 1. The molecule has 1 N–H and O–H groups in total. The van der Waals surface area contributed by atoms with Gasteiger partial charge in [-0.1, -0.05) is 32.1 Å². The molecular weight excluding hydrogens is 280 g/mol. The lowest BCUT2D eigenvalue weighted by molar-refractivity contribution is -0.131. The van der Waals surface area contributed by atoms with Gasteiger partial charge < -0.3 is 14.7 Å². The third-order valence-corrected chi connectivity index (χ3v) is 5.62. The summed E-state index contributed by atoms with van der Waals surface area (Å²) in [4.78, 5) is 16.6. The number of β-amino-alcohol motifs (C(OH)–C–C–N with tert-alkyl or cyclic N) is 1. The molecule has 1 amide bonds. The van der Waals surface area contributed by atoms with Crippen LogP contribution in [0.15, 0.2) is 0 Å². The number of rotatable bonds is 4. The van der Waals surface area contributed by atoms with Crippen LogP contribution in [0.4, 0.5) is 0 Å². The van der Waals surface area contributed by atoms with E-state index in [1.165, 1.54) is 32.1 Å². The molecule has 3 fully saturated rings. The van der Waals surface area contributed by atoms with Gasteiger partial charge in [0.15, 0.2) is 0 Å². The molecule has 1 saturated carbocycles. The van der Waals surface area contributed by atoms with Crippen LogP contribution in [0.5, 0.6) is 0 Å². The first-order valence-corrected chi connectivity index (χ1v) is 9.01. The first-order valence-electron chi connectivity index (χ1n) is 9.01. The van der Waals surface area contributed by atoms with Crippen molar-refractivity contribution < 1.29 is 14.6 Å². The zero-order chi connectivity index (χ0) is 15.4. The molecule has 5 heteroatoms. The van der Waals surface area contributed by atoms with Crippen LogP contribution in [0.2, 0.25) is 0 Å². The van der Waals surface area contributed by atoms with Gasteiger partial charge in [0.1, 0.15) is 0 Å². The zero-order valence-corrected chi connectivity index (χ0v) is 13.6. The summed E-state index contributed by atoms with van der Waals surface area (Å²) in [5, 5.41) is 10.3. The number of ether oxygens (including phenoxy) is 1. The summed E-state index contributed by atoms with van der Waals surface area (Å²) in [5.41, 5.74) is 0. The Morgan fingerprint density at radius 2 is 1.82 bits per heavy atom. The van der Waals surface area contributed by atoms with Gasteiger partial charge in [-0.3, -0.25) is 9.69 Å². The Labute approximate surface area is 133 Å². The zero-order valence-electron chi connectivity index (χ0n) is 13.6. The van der Waals surface area contributed by atoms with Gasteiger partial charge in [0, 0.05) is 32.6 Å². The van der Waals surface area contributed by atoms with Crippen molar-refractivity contribution in [1.29, 1.82) is 0 Å². The molecule has 2 atom stereocenters. The van der Waals surface area contributed by atoms with Crippen LogP contribution in [0.25, 0.3) is 0 Å². The topological polar surface area (TPSA) is 53.0 Å². The van der Waals surface area contributed by atoms with Gasteiger partial charge in [-0.2, -0.15) is 0 Å². The quantitative estimate of drug-likeness (QED) is 0.849. The van der Waals surface area contributed by atoms with Gasteiger partial charge in [-0.15, -0.1) is 0 Å². The Kier molecular flexibility index (Phi) is 5.71. The van der Waals surface area contributed by atoms with E-state index in [1.807, 2.05) is 4.90 Å². The van der Waals surface area contributed by atoms with Gasteiger partial charge in [0.25, 0.3) is 0 Å². The van der Waals surface area contributed by atoms with Gasteiger partial charge in [-0.25, -0.2) is 0 Å². The Balaban J connectivity index is 1.44. The number of morpholine rings is 1. The maximum Gasteiger partial charge on any atom is 0.222 e. The molecule has 0 spiro atoms. The van der Waals surface area contributed by atoms with E-state index in [9.17, 15) is 9.90 Å². The van der Waals surface area contributed by atoms with E-state index in [0.717, 1.165) is 38.6 Å². The number of likely N-dealkylation sites (tertiary alicyclic amines) is 1. The molecule has 0 aromatic carbocycles. The lowest BCUT2D eigenvalue weighted by Gasteiger charge is -2.33. The molecule has 0 radical (unpaired) electrons. The molecule has 2 aliphatic heterocycles. The van der Waals surface area contributed by atoms with Gasteiger partial charge >= 0.3 is 0 Å². The van der Waals surface area contributed by atoms with Crippen molar-refractivity contribution in [1.82, 2.24) is 9.80 Å². The van der Waals surface area contributed by atoms with E-state index >= 15 is 0 Å². The molecule has 126 valence electrons. The normalized spacial score (nSPS) is 31.6. The molecule has 0 unspecified atom stereocenters. The Hall–Kier alpha value is -0.650. The number of hydrogen-bond donors (Lipinski definition) is 1. The van der Waals surface area contributed by atoms with E-state index in [1.54, 1.807) is 0 Å². The van der Waals surface area contributed by atoms with Crippen LogP contribution in [0, 0.1) is 5.92 Å². The molecule has 5 nitrogen and oxygen atoms in total. The molecule has 22 heavy (non-hydrogen) atoms. The van der Waals surface area contributed by atoms with Gasteiger partial charge in [0.05, 0.1) is 25.4 Å². The summed E-state index contributed by atoms with van der Waals surface area (Å²) in [6.45, 7) is 4.39. The predicted octanol–water partition coefficient (Wildman–Crippen LogP) is 1.25. The van der Waals surface area contributed by atoms with Crippen molar-refractivity contribution in [2.75, 3.05) is 39.4 Å². The van der Waals surface area contributed by atoms with Crippen molar-refractivity contribution >= 4 is 5.91 Å². The molecule has 2 saturated heterocycles. The smallest absolute Gasteiger partial charge is 0.222 e. The first-order chi connectivity index (χ1) is 10.7. The van der Waals surface area contributed by atoms with Gasteiger partial charge in [0.2, 0.25) is 5.91 Å². The summed E-state index contributed by atoms with van der Waals surface area (Å²) in [6, 6.07) is 0.0996. The summed E-state index contributed by atoms with van der Waals surface area (Å²) >= 11 is 0. The van der Waals surface area contributed by atoms with Crippen LogP contribution in [0.3, 0.4) is 0 Å². The average Bonchev–Trinajstić information content (AvgIpc) is 2.96. The van der Waals surface area contributed by atoms with Crippen LogP contribution >= 0.6 is 0 Å². The average molecular weight is 310 g/mol. The highest BCUT2D eigenvalue weighted by Crippen LogP contribution is 2.28. The van der Waals surface area contributed by atoms with Crippen molar-refractivity contribution in [2.24, 2.45) is 5.92 Å². The summed E-state index contributed by atoms with van der Waals surface area (Å²) < 4.78 is 5.37. The number of carbonyl (C=O) groups is 1. The second-order valence-electron chi connectivity index (χ2n) is 7.12. The summed E-state index contributed by atoms with van der Waals surface area (Å²) in [5.74, 6) is 0.987. The Morgan fingerprint density at radius 1 is 1.09 bits per heavy atom. The van der Waals surface area contributed by atoms with E-state index in [0.29, 0.717) is 19.5 Å². The minimum absolute atomic E-state index is 0.0996. The minimum atomic E-state index is -0.406. The van der Waals surface area contributed by atoms with Crippen LogP contribution in [-0.4, -0.2) is 72.4 Å². The number of carbonyl (C=O) groups excluding carboxylic acids is 1. The highest BCUT2D eigenvalue weighted by Gasteiger charge is 2.37. The molecule has 2 heterocycles. The standard InChI is InChI=1S/C17H30N2O3/c20-16-13-19(12-15(16)18-8-10-22-11-9-18)17(21)7-6-14-4-2-1-3-5-14/h14-16,20H,1-13H2/t15-,16-/m0/s1. The fourth-order valence-electron chi connectivity index (χ4n) is 4.20. The number of nitrogens with zero attached hydrogens (tertiary/aromatic N) is 2. The lowest BCUT2D eigenvalue weighted by Crippen LogP contribution is -2.49. The molecule has 0 aromatic heterocycles. The van der Waals surface area contributed by atoms with E-state index in [-0.39, 0.29) is 11.9 Å². The fraction of sp³-hybridized carbons (Fsp3) is 0.941. The SMILES string of the molecule is O=C(CCC1CCCCC1)N1C[C@H](O)[C@@H](N2CCOCC2)C1. The lowest BCUT2D eigenvalue weighted by atomic mass is 9.86. The van der Waals surface area contributed by atoms with Crippen LogP contribution in [-0.2, 0) is 9.53 Å². The number of aliphatic hydroxyl groups is 1. The van der Waals surface area contributed by atoms with Crippen molar-refractivity contribution in [3.05, 3.63) is 0 Å². The molecule has 0 bridgehead atoms. The minimum Gasteiger partial charge on any atom is -0.390 e. The van der Waals surface area contributed by atoms with Gasteiger partial charge in [-0.05, 0) is 12.3 Å². The number of amides is 1. The Morgan fingerprint density at radius 3 is 2.55 bits per heavy atom. The number of hydrogen-bond acceptors (Lipinski definition) is 4. The maximum atomic E-state index is 12.4. The van der Waals surface area contributed by atoms with E-state index < -0.39 is 6.10 Å². The molecule has 3 aliphatic rings. The highest BCUT2D eigenvalue weighted by molar-refractivity contribution is 5.76. The predicted molar refractivity (Wildman–Crippen MR) is 84.6 cm³/mol. The van der Waals surface area contributed by atoms with E-state index in [2.05, 4.69) is 4.90 Å². The summed E-state index contributed by atoms with van der Waals surface area (Å²) in [7, 11) is 0. The fourth-order valence-corrected chi connectivity index (χ4v) is 4.20. The molecule has 0 aromatic rings. The maximum absolute atomic E-state index is 12.4. The largest absolute Gasteiger partial charge is 0.390 e. The van der Waals surface area contributed by atoms with Crippen molar-refractivity contribution in [2.45, 2.75) is 57.1 Å². The second kappa shape index (κ2) is 7.75. The second-order valence-corrected chi connectivity index (χ2v) is 7.12. The van der Waals surface area contributed by atoms with Crippen molar-refractivity contribution in [3.8, 4) is 0 Å². The third kappa shape index (κ3) is 4.00. The monoisotopic (exact) mass is 310 g/mol. The third-order valence-electron chi connectivity index (χ3n) is 5.62. The Bertz CT molecular complexity index is 365. The molecule has 1 aliphatic carbocycles. The molecule has 3 rings (SSSR count). The first kappa shape index (κ1) is 16.2. The van der Waals surface area contributed by atoms with Crippen LogP contribution in [0.1, 0.15) is 44.9 Å². The van der Waals surface area contributed by atoms with Crippen LogP contribution < -0.4 is 0 Å². The van der Waals surface area contributed by atoms with E-state index in [4.69, 9.17) is 4.74 Å². The highest BCUT2D eigenvalue weighted by atomic mass is 16.5. The summed E-state index contributed by atoms with van der Waals surface area (Å²) in [6.07, 6.45) is 7.92. The molecular formula is C17H30N2O3. The van der Waals surface area contributed by atoms with Crippen molar-refractivity contribution in [3.63, 3.8) is 0 Å².